The summed E-state index contributed by atoms with van der Waals surface area (Å²) >= 11 is 6.39. The zero-order valence-corrected chi connectivity index (χ0v) is 15.2. The summed E-state index contributed by atoms with van der Waals surface area (Å²) in [6.07, 6.45) is 2.56. The summed E-state index contributed by atoms with van der Waals surface area (Å²) in [4.78, 5) is 14.8. The Hall–Kier alpha value is -1.14. The van der Waals surface area contributed by atoms with Crippen LogP contribution in [0.25, 0.3) is 0 Å². The minimum absolute atomic E-state index is 0.113. The molecule has 6 heteroatoms. The number of hydrogen-bond donors (Lipinski definition) is 1. The molecule has 3 heterocycles. The normalized spacial score (nSPS) is 24.8. The Morgan fingerprint density at radius 3 is 2.80 bits per heavy atom. The van der Waals surface area contributed by atoms with Crippen LogP contribution in [-0.2, 0) is 27.2 Å². The molecule has 1 N–H and O–H groups in total. The molecule has 0 saturated carbocycles. The van der Waals surface area contributed by atoms with Crippen molar-refractivity contribution < 1.29 is 14.3 Å². The molecular weight excluding hydrogens is 340 g/mol. The predicted octanol–water partition coefficient (Wildman–Crippen LogP) is 2.31. The van der Waals surface area contributed by atoms with Gasteiger partial charge in [0.1, 0.15) is 0 Å². The van der Waals surface area contributed by atoms with E-state index >= 15 is 0 Å². The topological polar surface area (TPSA) is 50.8 Å². The molecule has 2 saturated heterocycles. The van der Waals surface area contributed by atoms with Gasteiger partial charge in [-0.3, -0.25) is 4.79 Å². The molecule has 0 spiro atoms. The van der Waals surface area contributed by atoms with Crippen molar-refractivity contribution in [3.63, 3.8) is 0 Å². The molecule has 1 atom stereocenters. The van der Waals surface area contributed by atoms with E-state index in [0.717, 1.165) is 44.0 Å². The van der Waals surface area contributed by atoms with Gasteiger partial charge < -0.3 is 19.7 Å². The Balaban J connectivity index is 1.54. The van der Waals surface area contributed by atoms with E-state index in [1.54, 1.807) is 0 Å². The SMILES string of the molecule is O=C(C1CCOCC1)N1CCc2c(cc(Cl)cc2[C@@H]2COCCN2)C1. The Morgan fingerprint density at radius 1 is 1.20 bits per heavy atom. The smallest absolute Gasteiger partial charge is 0.226 e. The Morgan fingerprint density at radius 2 is 2.04 bits per heavy atom. The van der Waals surface area contributed by atoms with Crippen LogP contribution in [0.15, 0.2) is 12.1 Å². The molecule has 1 aromatic rings. The maximum absolute atomic E-state index is 12.8. The number of carbonyl (C=O) groups excluding carboxylic acids is 1. The van der Waals surface area contributed by atoms with E-state index in [0.29, 0.717) is 26.4 Å². The molecule has 0 aliphatic carbocycles. The van der Waals surface area contributed by atoms with Gasteiger partial charge in [0.2, 0.25) is 5.91 Å². The van der Waals surface area contributed by atoms with E-state index in [9.17, 15) is 4.79 Å². The van der Waals surface area contributed by atoms with E-state index in [4.69, 9.17) is 21.1 Å². The number of fused-ring (bicyclic) bond motifs is 1. The van der Waals surface area contributed by atoms with Crippen LogP contribution in [0.2, 0.25) is 5.02 Å². The van der Waals surface area contributed by atoms with Crippen molar-refractivity contribution in [1.82, 2.24) is 10.2 Å². The van der Waals surface area contributed by atoms with Crippen LogP contribution in [0.3, 0.4) is 0 Å². The molecule has 5 nitrogen and oxygen atoms in total. The number of ether oxygens (including phenoxy) is 2. The summed E-state index contributed by atoms with van der Waals surface area (Å²) in [6.45, 7) is 5.14. The minimum Gasteiger partial charge on any atom is -0.381 e. The van der Waals surface area contributed by atoms with E-state index in [2.05, 4.69) is 11.4 Å². The molecule has 1 aromatic carbocycles. The minimum atomic E-state index is 0.113. The summed E-state index contributed by atoms with van der Waals surface area (Å²) < 4.78 is 11.0. The Bertz CT molecular complexity index is 640. The number of hydrogen-bond acceptors (Lipinski definition) is 4. The maximum atomic E-state index is 12.8. The van der Waals surface area contributed by atoms with Crippen molar-refractivity contribution in [1.29, 1.82) is 0 Å². The van der Waals surface area contributed by atoms with Crippen LogP contribution in [-0.4, -0.2) is 50.3 Å². The molecule has 3 aliphatic heterocycles. The van der Waals surface area contributed by atoms with Gasteiger partial charge in [0.25, 0.3) is 0 Å². The molecule has 136 valence electrons. The third kappa shape index (κ3) is 3.70. The fourth-order valence-corrected chi connectivity index (χ4v) is 4.41. The third-order valence-corrected chi connectivity index (χ3v) is 5.73. The number of halogens is 1. The van der Waals surface area contributed by atoms with Gasteiger partial charge in [-0.25, -0.2) is 0 Å². The number of morpholine rings is 1. The van der Waals surface area contributed by atoms with Crippen molar-refractivity contribution in [3.8, 4) is 0 Å². The highest BCUT2D eigenvalue weighted by Gasteiger charge is 2.30. The van der Waals surface area contributed by atoms with Crippen LogP contribution < -0.4 is 5.32 Å². The zero-order chi connectivity index (χ0) is 17.2. The predicted molar refractivity (Wildman–Crippen MR) is 95.7 cm³/mol. The van der Waals surface area contributed by atoms with Gasteiger partial charge >= 0.3 is 0 Å². The quantitative estimate of drug-likeness (QED) is 0.875. The molecule has 0 radical (unpaired) electrons. The fraction of sp³-hybridized carbons (Fsp3) is 0.632. The summed E-state index contributed by atoms with van der Waals surface area (Å²) in [5, 5.41) is 4.26. The summed E-state index contributed by atoms with van der Waals surface area (Å²) in [5.74, 6) is 0.386. The van der Waals surface area contributed by atoms with Gasteiger partial charge in [0.05, 0.1) is 19.3 Å². The molecule has 25 heavy (non-hydrogen) atoms. The number of benzene rings is 1. The van der Waals surface area contributed by atoms with Crippen LogP contribution in [0, 0.1) is 5.92 Å². The van der Waals surface area contributed by atoms with Crippen LogP contribution >= 0.6 is 11.6 Å². The van der Waals surface area contributed by atoms with Crippen LogP contribution in [0.1, 0.15) is 35.6 Å². The highest BCUT2D eigenvalue weighted by atomic mass is 35.5. The standard InChI is InChI=1S/C19H25ClN2O3/c20-15-9-14-11-22(19(23)13-2-6-24-7-3-13)5-1-16(14)17(10-15)18-12-25-8-4-21-18/h9-10,13,18,21H,1-8,11-12H2/t18-/m0/s1. The van der Waals surface area contributed by atoms with Crippen molar-refractivity contribution >= 4 is 17.5 Å². The summed E-state index contributed by atoms with van der Waals surface area (Å²) in [6, 6.07) is 4.27. The van der Waals surface area contributed by atoms with Gasteiger partial charge in [0, 0.05) is 43.8 Å². The zero-order valence-electron chi connectivity index (χ0n) is 14.4. The molecule has 0 bridgehead atoms. The van der Waals surface area contributed by atoms with Gasteiger partial charge in [0.15, 0.2) is 0 Å². The monoisotopic (exact) mass is 364 g/mol. The van der Waals surface area contributed by atoms with Crippen molar-refractivity contribution in [2.75, 3.05) is 39.5 Å². The largest absolute Gasteiger partial charge is 0.381 e. The van der Waals surface area contributed by atoms with Crippen molar-refractivity contribution in [2.24, 2.45) is 5.92 Å². The second kappa shape index (κ2) is 7.62. The number of amides is 1. The number of carbonyl (C=O) groups is 1. The lowest BCUT2D eigenvalue weighted by Gasteiger charge is -2.35. The van der Waals surface area contributed by atoms with Crippen molar-refractivity contribution in [2.45, 2.75) is 31.8 Å². The van der Waals surface area contributed by atoms with Crippen molar-refractivity contribution in [3.05, 3.63) is 33.8 Å². The molecule has 0 aromatic heterocycles. The molecule has 1 amide bonds. The number of nitrogens with one attached hydrogen (secondary N) is 1. The lowest BCUT2D eigenvalue weighted by atomic mass is 9.89. The molecule has 0 unspecified atom stereocenters. The average Bonchev–Trinajstić information content (AvgIpc) is 2.67. The van der Waals surface area contributed by atoms with E-state index in [-0.39, 0.29) is 17.9 Å². The molecular formula is C19H25ClN2O3. The maximum Gasteiger partial charge on any atom is 0.226 e. The van der Waals surface area contributed by atoms with Crippen LogP contribution in [0.5, 0.6) is 0 Å². The summed E-state index contributed by atoms with van der Waals surface area (Å²) in [7, 11) is 0. The van der Waals surface area contributed by atoms with E-state index in [1.807, 2.05) is 11.0 Å². The summed E-state index contributed by atoms with van der Waals surface area (Å²) in [5.41, 5.74) is 3.75. The number of rotatable bonds is 2. The Kier molecular flexibility index (Phi) is 5.27. The molecule has 3 aliphatic rings. The highest BCUT2D eigenvalue weighted by Crippen LogP contribution is 2.32. The average molecular weight is 365 g/mol. The third-order valence-electron chi connectivity index (χ3n) is 5.51. The molecule has 2 fully saturated rings. The van der Waals surface area contributed by atoms with Gasteiger partial charge in [-0.05, 0) is 48.1 Å². The first kappa shape index (κ1) is 17.3. The first-order valence-electron chi connectivity index (χ1n) is 9.21. The van der Waals surface area contributed by atoms with Gasteiger partial charge in [-0.15, -0.1) is 0 Å². The fourth-order valence-electron chi connectivity index (χ4n) is 4.16. The molecule has 4 rings (SSSR count). The lowest BCUT2D eigenvalue weighted by Crippen LogP contribution is -2.42. The second-order valence-corrected chi connectivity index (χ2v) is 7.55. The van der Waals surface area contributed by atoms with Gasteiger partial charge in [-0.1, -0.05) is 11.6 Å². The first-order valence-corrected chi connectivity index (χ1v) is 9.59. The Labute approximate surface area is 153 Å². The van der Waals surface area contributed by atoms with E-state index < -0.39 is 0 Å². The van der Waals surface area contributed by atoms with Crippen LogP contribution in [0.4, 0.5) is 0 Å². The lowest BCUT2D eigenvalue weighted by molar-refractivity contribution is -0.139. The van der Waals surface area contributed by atoms with E-state index in [1.165, 1.54) is 16.7 Å². The first-order chi connectivity index (χ1) is 12.2. The highest BCUT2D eigenvalue weighted by molar-refractivity contribution is 6.30. The second-order valence-electron chi connectivity index (χ2n) is 7.11. The number of nitrogens with zero attached hydrogens (tertiary/aromatic N) is 1. The van der Waals surface area contributed by atoms with Gasteiger partial charge in [-0.2, -0.15) is 0 Å².